The van der Waals surface area contributed by atoms with E-state index in [2.05, 4.69) is 4.98 Å². The lowest BCUT2D eigenvalue weighted by atomic mass is 9.96. The fourth-order valence-electron chi connectivity index (χ4n) is 4.53. The maximum atomic E-state index is 14.8. The van der Waals surface area contributed by atoms with Crippen LogP contribution in [0.3, 0.4) is 0 Å². The Morgan fingerprint density at radius 1 is 1.09 bits per heavy atom. The van der Waals surface area contributed by atoms with Gasteiger partial charge in [0.1, 0.15) is 11.6 Å². The van der Waals surface area contributed by atoms with Gasteiger partial charge in [0.15, 0.2) is 0 Å². The van der Waals surface area contributed by atoms with Crippen LogP contribution < -0.4 is 14.9 Å². The van der Waals surface area contributed by atoms with Crippen molar-refractivity contribution in [2.24, 2.45) is 11.1 Å². The summed E-state index contributed by atoms with van der Waals surface area (Å²) in [4.78, 5) is 21.4. The lowest BCUT2D eigenvalue weighted by Crippen LogP contribution is -2.56. The van der Waals surface area contributed by atoms with Crippen molar-refractivity contribution < 1.29 is 13.6 Å². The highest BCUT2D eigenvalue weighted by molar-refractivity contribution is 7.97. The van der Waals surface area contributed by atoms with Gasteiger partial charge in [-0.3, -0.25) is 14.9 Å². The molecule has 164 valence electrons. The van der Waals surface area contributed by atoms with Crippen LogP contribution in [0.15, 0.2) is 59.6 Å². The number of amides is 1. The number of rotatable bonds is 4. The molecular formula is C24H22F2N4OS. The number of aromatic nitrogens is 1. The maximum Gasteiger partial charge on any atom is 0.233 e. The van der Waals surface area contributed by atoms with Crippen molar-refractivity contribution in [3.8, 4) is 11.3 Å². The van der Waals surface area contributed by atoms with E-state index in [1.807, 2.05) is 36.1 Å². The molecule has 0 aliphatic carbocycles. The molecule has 0 spiro atoms. The Hall–Kier alpha value is -2.97. The second kappa shape index (κ2) is 8.18. The van der Waals surface area contributed by atoms with Gasteiger partial charge in [-0.05, 0) is 67.3 Å². The van der Waals surface area contributed by atoms with Crippen LogP contribution in [0.5, 0.6) is 0 Å². The molecule has 1 atom stereocenters. The maximum absolute atomic E-state index is 14.8. The lowest BCUT2D eigenvalue weighted by molar-refractivity contribution is -0.123. The molecular weight excluding hydrogens is 430 g/mol. The minimum Gasteiger partial charge on any atom is -0.367 e. The first-order chi connectivity index (χ1) is 15.5. The van der Waals surface area contributed by atoms with Crippen molar-refractivity contribution in [1.29, 1.82) is 0 Å². The number of hydrogen-bond acceptors (Lipinski definition) is 5. The van der Waals surface area contributed by atoms with Crippen molar-refractivity contribution in [2.75, 3.05) is 22.9 Å². The van der Waals surface area contributed by atoms with Gasteiger partial charge in [0.2, 0.25) is 5.91 Å². The van der Waals surface area contributed by atoms with Crippen molar-refractivity contribution >= 4 is 29.2 Å². The molecule has 1 aromatic heterocycles. The molecule has 1 fully saturated rings. The fraction of sp³-hybridized carbons (Fsp3) is 0.250. The smallest absolute Gasteiger partial charge is 0.233 e. The molecule has 0 saturated carbocycles. The largest absolute Gasteiger partial charge is 0.367 e. The number of nitrogens with two attached hydrogens (primary N) is 1. The standard InChI is InChI=1S/C24H22F2N4OS/c1-14-8-16-10-19(26)23(32-27)11-22(16)30(14)24(31)17-12-29(13-17)21-6-5-15(9-18(21)25)20-4-2-3-7-28-20/h2-7,9-11,14,17H,8,12-13,27H2,1H3. The van der Waals surface area contributed by atoms with Crippen LogP contribution >= 0.6 is 11.9 Å². The Kier molecular flexibility index (Phi) is 5.35. The van der Waals surface area contributed by atoms with E-state index in [1.165, 1.54) is 12.1 Å². The molecule has 5 nitrogen and oxygen atoms in total. The summed E-state index contributed by atoms with van der Waals surface area (Å²) in [6.45, 7) is 2.84. The summed E-state index contributed by atoms with van der Waals surface area (Å²) >= 11 is 0.836. The van der Waals surface area contributed by atoms with E-state index in [0.29, 0.717) is 41.4 Å². The third kappa shape index (κ3) is 3.53. The highest BCUT2D eigenvalue weighted by atomic mass is 32.2. The highest BCUT2D eigenvalue weighted by Crippen LogP contribution is 2.39. The minimum absolute atomic E-state index is 0.0161. The van der Waals surface area contributed by atoms with Gasteiger partial charge in [-0.25, -0.2) is 8.78 Å². The summed E-state index contributed by atoms with van der Waals surface area (Å²) in [5, 5.41) is 5.57. The number of anilines is 2. The van der Waals surface area contributed by atoms with Crippen LogP contribution in [0.2, 0.25) is 0 Å². The number of carbonyl (C=O) groups is 1. The van der Waals surface area contributed by atoms with Gasteiger partial charge in [-0.2, -0.15) is 0 Å². The van der Waals surface area contributed by atoms with Crippen molar-refractivity contribution in [2.45, 2.75) is 24.3 Å². The Morgan fingerprint density at radius 2 is 1.91 bits per heavy atom. The second-order valence-electron chi connectivity index (χ2n) is 8.27. The summed E-state index contributed by atoms with van der Waals surface area (Å²) in [6.07, 6.45) is 2.28. The number of halogens is 2. The van der Waals surface area contributed by atoms with Gasteiger partial charge in [0, 0.05) is 36.6 Å². The molecule has 1 unspecified atom stereocenters. The average molecular weight is 453 g/mol. The Labute approximate surface area is 189 Å². The molecule has 1 saturated heterocycles. The van der Waals surface area contributed by atoms with Gasteiger partial charge in [-0.1, -0.05) is 12.1 Å². The van der Waals surface area contributed by atoms with Crippen LogP contribution in [0.4, 0.5) is 20.2 Å². The number of benzene rings is 2. The van der Waals surface area contributed by atoms with Gasteiger partial charge < -0.3 is 9.80 Å². The van der Waals surface area contributed by atoms with Gasteiger partial charge in [0.05, 0.1) is 22.2 Å². The predicted molar refractivity (Wildman–Crippen MR) is 122 cm³/mol. The first kappa shape index (κ1) is 20.9. The minimum atomic E-state index is -0.364. The molecule has 3 aromatic rings. The van der Waals surface area contributed by atoms with Crippen LogP contribution in [0.25, 0.3) is 11.3 Å². The summed E-state index contributed by atoms with van der Waals surface area (Å²) in [7, 11) is 0. The summed E-state index contributed by atoms with van der Waals surface area (Å²) in [5.41, 5.74) is 3.44. The summed E-state index contributed by atoms with van der Waals surface area (Å²) < 4.78 is 28.9. The highest BCUT2D eigenvalue weighted by Gasteiger charge is 2.41. The first-order valence-corrected chi connectivity index (χ1v) is 11.3. The number of carbonyl (C=O) groups excluding carboxylic acids is 1. The Bertz CT molecular complexity index is 1180. The van der Waals surface area contributed by atoms with Crippen molar-refractivity contribution in [1.82, 2.24) is 4.98 Å². The first-order valence-electron chi connectivity index (χ1n) is 10.4. The van der Waals surface area contributed by atoms with Crippen molar-refractivity contribution in [3.05, 3.63) is 71.9 Å². The third-order valence-corrected chi connectivity index (χ3v) is 6.76. The SMILES string of the molecule is CC1Cc2cc(F)c(SN)cc2N1C(=O)C1CN(c2ccc(-c3ccccn3)cc2F)C1. The van der Waals surface area contributed by atoms with E-state index in [9.17, 15) is 13.6 Å². The molecule has 2 aliphatic rings. The van der Waals surface area contributed by atoms with Gasteiger partial charge >= 0.3 is 0 Å². The molecule has 2 N–H and O–H groups in total. The zero-order valence-corrected chi connectivity index (χ0v) is 18.3. The van der Waals surface area contributed by atoms with E-state index >= 15 is 0 Å². The van der Waals surface area contributed by atoms with E-state index in [-0.39, 0.29) is 29.5 Å². The third-order valence-electron chi connectivity index (χ3n) is 6.19. The number of nitrogens with zero attached hydrogens (tertiary/aromatic N) is 3. The molecule has 2 aromatic carbocycles. The zero-order chi connectivity index (χ0) is 22.4. The van der Waals surface area contributed by atoms with Crippen LogP contribution in [0, 0.1) is 17.6 Å². The summed E-state index contributed by atoms with van der Waals surface area (Å²) in [6, 6.07) is 13.6. The van der Waals surface area contributed by atoms with Crippen molar-refractivity contribution in [3.63, 3.8) is 0 Å². The van der Waals surface area contributed by atoms with E-state index in [0.717, 1.165) is 23.2 Å². The lowest BCUT2D eigenvalue weighted by Gasteiger charge is -2.42. The molecule has 8 heteroatoms. The van der Waals surface area contributed by atoms with E-state index in [4.69, 9.17) is 5.14 Å². The van der Waals surface area contributed by atoms with Gasteiger partial charge in [0.25, 0.3) is 0 Å². The second-order valence-corrected chi connectivity index (χ2v) is 8.95. The molecule has 1 amide bonds. The predicted octanol–water partition coefficient (Wildman–Crippen LogP) is 4.41. The zero-order valence-electron chi connectivity index (χ0n) is 17.5. The molecule has 0 bridgehead atoms. The van der Waals surface area contributed by atoms with Crippen LogP contribution in [-0.4, -0.2) is 30.0 Å². The van der Waals surface area contributed by atoms with E-state index < -0.39 is 0 Å². The number of pyridine rings is 1. The summed E-state index contributed by atoms with van der Waals surface area (Å²) in [5.74, 6) is -0.953. The van der Waals surface area contributed by atoms with Gasteiger partial charge in [-0.15, -0.1) is 0 Å². The quantitative estimate of drug-likeness (QED) is 0.595. The van der Waals surface area contributed by atoms with Crippen LogP contribution in [0.1, 0.15) is 12.5 Å². The molecule has 0 radical (unpaired) electrons. The fourth-order valence-corrected chi connectivity index (χ4v) is 4.88. The van der Waals surface area contributed by atoms with Crippen LogP contribution in [-0.2, 0) is 11.2 Å². The molecule has 32 heavy (non-hydrogen) atoms. The average Bonchev–Trinajstić information content (AvgIpc) is 3.07. The molecule has 2 aliphatic heterocycles. The number of fused-ring (bicyclic) bond motifs is 1. The molecule has 3 heterocycles. The van der Waals surface area contributed by atoms with E-state index in [1.54, 1.807) is 23.2 Å². The Balaban J connectivity index is 1.31. The number of hydrogen-bond donors (Lipinski definition) is 1. The molecule has 5 rings (SSSR count). The Morgan fingerprint density at radius 3 is 2.59 bits per heavy atom. The normalized spacial score (nSPS) is 17.9. The monoisotopic (exact) mass is 452 g/mol. The topological polar surface area (TPSA) is 62.5 Å².